The van der Waals surface area contributed by atoms with Crippen molar-refractivity contribution in [2.45, 2.75) is 62.3 Å². The highest BCUT2D eigenvalue weighted by Gasteiger charge is 2.30. The van der Waals surface area contributed by atoms with Gasteiger partial charge in [0.1, 0.15) is 0 Å². The number of fused-ring (bicyclic) bond motifs is 1. The number of likely N-dealkylation sites (tertiary alicyclic amines) is 1. The van der Waals surface area contributed by atoms with Crippen molar-refractivity contribution in [1.29, 1.82) is 5.26 Å². The number of nitrogens with one attached hydrogen (secondary N) is 1. The van der Waals surface area contributed by atoms with Crippen LogP contribution < -0.4 is 16.0 Å². The quantitative estimate of drug-likeness (QED) is 0.378. The summed E-state index contributed by atoms with van der Waals surface area (Å²) < 4.78 is 30.0. The molecule has 3 saturated heterocycles. The summed E-state index contributed by atoms with van der Waals surface area (Å²) in [5.41, 5.74) is 9.48. The number of hydrogen-bond acceptors (Lipinski definition) is 8. The number of amides is 3. The van der Waals surface area contributed by atoms with E-state index in [-0.39, 0.29) is 29.2 Å². The molecule has 3 aromatic rings. The number of carbonyl (C=O) groups is 2. The van der Waals surface area contributed by atoms with Crippen molar-refractivity contribution in [2.75, 3.05) is 44.2 Å². The molecule has 2 aromatic carbocycles. The second-order valence-electron chi connectivity index (χ2n) is 13.0. The molecular weight excluding hydrogens is 604 g/mol. The maximum atomic E-state index is 13.3. The number of nitriles is 1. The van der Waals surface area contributed by atoms with E-state index in [4.69, 9.17) is 5.73 Å². The summed E-state index contributed by atoms with van der Waals surface area (Å²) in [4.78, 5) is 28.3. The molecule has 3 aliphatic rings. The number of aromatic nitrogens is 2. The zero-order valence-electron chi connectivity index (χ0n) is 26.5. The molecule has 4 heterocycles. The fraction of sp³-hybridized carbons (Fsp3) is 0.515. The third kappa shape index (κ3) is 6.53. The van der Waals surface area contributed by atoms with E-state index in [1.807, 2.05) is 13.1 Å². The number of nitrogens with zero attached hydrogens (tertiary/aromatic N) is 6. The number of nitrogens with two attached hydrogens (primary N) is 1. The molecule has 12 nitrogen and oxygen atoms in total. The summed E-state index contributed by atoms with van der Waals surface area (Å²) in [5, 5.41) is 17.6. The SMILES string of the molecule is CC(Cc1cc(S(=O)(=O)N2CCC(N)CC2)ccc1C#N)CN1CCC(c2ccc3c(N4CCC(=O)NC4=O)nn(C)c3c2)CC1. The van der Waals surface area contributed by atoms with Crippen molar-refractivity contribution in [3.05, 3.63) is 53.1 Å². The molecule has 0 saturated carbocycles. The summed E-state index contributed by atoms with van der Waals surface area (Å²) in [6, 6.07) is 13.1. The third-order valence-corrected chi connectivity index (χ3v) is 11.6. The van der Waals surface area contributed by atoms with Crippen molar-refractivity contribution in [3.8, 4) is 6.07 Å². The van der Waals surface area contributed by atoms with Crippen molar-refractivity contribution in [3.63, 3.8) is 0 Å². The van der Waals surface area contributed by atoms with Crippen LogP contribution in [-0.4, -0.2) is 84.7 Å². The van der Waals surface area contributed by atoms with Crippen LogP contribution >= 0.6 is 0 Å². The minimum absolute atomic E-state index is 0.0389. The number of urea groups is 1. The van der Waals surface area contributed by atoms with Crippen molar-refractivity contribution >= 4 is 38.7 Å². The van der Waals surface area contributed by atoms with Gasteiger partial charge in [0, 0.05) is 51.1 Å². The number of aryl methyl sites for hydroxylation is 1. The number of carbonyl (C=O) groups excluding carboxylic acids is 2. The lowest BCUT2D eigenvalue weighted by atomic mass is 9.88. The Hall–Kier alpha value is -3.83. The van der Waals surface area contributed by atoms with E-state index >= 15 is 0 Å². The van der Waals surface area contributed by atoms with Crippen LogP contribution in [0.3, 0.4) is 0 Å². The van der Waals surface area contributed by atoms with Gasteiger partial charge in [0.15, 0.2) is 5.82 Å². The predicted molar refractivity (Wildman–Crippen MR) is 175 cm³/mol. The smallest absolute Gasteiger partial charge is 0.328 e. The van der Waals surface area contributed by atoms with Crippen molar-refractivity contribution in [1.82, 2.24) is 24.3 Å². The molecule has 0 bridgehead atoms. The number of benzene rings is 2. The second kappa shape index (κ2) is 13.1. The lowest BCUT2D eigenvalue weighted by Crippen LogP contribution is -2.49. The summed E-state index contributed by atoms with van der Waals surface area (Å²) in [7, 11) is -1.76. The molecular formula is C33H42N8O4S. The average Bonchev–Trinajstić information content (AvgIpc) is 3.36. The first-order chi connectivity index (χ1) is 22.0. The van der Waals surface area contributed by atoms with Crippen LogP contribution in [0.25, 0.3) is 10.9 Å². The highest BCUT2D eigenvalue weighted by molar-refractivity contribution is 7.89. The largest absolute Gasteiger partial charge is 0.329 e. The molecule has 3 aliphatic heterocycles. The number of rotatable bonds is 8. The highest BCUT2D eigenvalue weighted by atomic mass is 32.2. The molecule has 3 N–H and O–H groups in total. The third-order valence-electron chi connectivity index (χ3n) is 9.70. The van der Waals surface area contributed by atoms with Crippen LogP contribution in [0.5, 0.6) is 0 Å². The molecule has 0 spiro atoms. The maximum Gasteiger partial charge on any atom is 0.329 e. The first kappa shape index (κ1) is 32.1. The molecule has 0 radical (unpaired) electrons. The molecule has 6 rings (SSSR count). The molecule has 244 valence electrons. The van der Waals surface area contributed by atoms with E-state index in [9.17, 15) is 23.3 Å². The van der Waals surface area contributed by atoms with Crippen molar-refractivity contribution < 1.29 is 18.0 Å². The van der Waals surface area contributed by atoms with E-state index < -0.39 is 16.1 Å². The first-order valence-electron chi connectivity index (χ1n) is 16.1. The zero-order valence-corrected chi connectivity index (χ0v) is 27.3. The Kier molecular flexibility index (Phi) is 9.16. The van der Waals surface area contributed by atoms with Gasteiger partial charge in [-0.1, -0.05) is 13.0 Å². The van der Waals surface area contributed by atoms with Crippen LogP contribution in [-0.2, 0) is 28.3 Å². The monoisotopic (exact) mass is 646 g/mol. The highest BCUT2D eigenvalue weighted by Crippen LogP contribution is 2.34. The lowest BCUT2D eigenvalue weighted by molar-refractivity contribution is -0.120. The number of anilines is 1. The lowest BCUT2D eigenvalue weighted by Gasteiger charge is -2.34. The molecule has 1 aromatic heterocycles. The number of sulfonamides is 1. The van der Waals surface area contributed by atoms with Gasteiger partial charge in [0.25, 0.3) is 0 Å². The first-order valence-corrected chi connectivity index (χ1v) is 17.6. The second-order valence-corrected chi connectivity index (χ2v) is 15.0. The normalized spacial score (nSPS) is 20.2. The Balaban J connectivity index is 1.07. The number of hydrogen-bond donors (Lipinski definition) is 2. The predicted octanol–water partition coefficient (Wildman–Crippen LogP) is 3.06. The van der Waals surface area contributed by atoms with Gasteiger partial charge in [-0.3, -0.25) is 19.7 Å². The Bertz CT molecular complexity index is 1780. The van der Waals surface area contributed by atoms with Gasteiger partial charge in [0.05, 0.1) is 22.0 Å². The summed E-state index contributed by atoms with van der Waals surface area (Å²) in [6.45, 7) is 6.07. The van der Waals surface area contributed by atoms with Crippen LogP contribution in [0.15, 0.2) is 41.3 Å². The van der Waals surface area contributed by atoms with E-state index in [0.29, 0.717) is 56.2 Å². The Labute approximate surface area is 270 Å². The molecule has 0 aliphatic carbocycles. The van der Waals surface area contributed by atoms with Crippen LogP contribution in [0.2, 0.25) is 0 Å². The van der Waals surface area contributed by atoms with E-state index in [2.05, 4.69) is 40.4 Å². The standard InChI is InChI=1S/C33H42N8O4S/c1-22(17-26-18-28(5-3-25(26)20-34)46(44,45)40-14-9-27(35)10-15-40)21-39-12-7-23(8-13-39)24-4-6-29-30(19-24)38(2)37-32(29)41-16-11-31(42)36-33(41)43/h3-6,18-19,22-23,27H,7-17,21,35H2,1-2H3,(H,36,42,43). The van der Waals surface area contributed by atoms with Gasteiger partial charge in [-0.05, 0) is 98.5 Å². The van der Waals surface area contributed by atoms with Gasteiger partial charge in [0.2, 0.25) is 15.9 Å². The number of piperidine rings is 2. The van der Waals surface area contributed by atoms with Crippen LogP contribution in [0, 0.1) is 17.2 Å². The Morgan fingerprint density at radius 3 is 2.48 bits per heavy atom. The fourth-order valence-corrected chi connectivity index (χ4v) is 8.60. The van der Waals surface area contributed by atoms with Crippen molar-refractivity contribution in [2.24, 2.45) is 18.7 Å². The average molecular weight is 647 g/mol. The number of imide groups is 1. The van der Waals surface area contributed by atoms with Crippen LogP contribution in [0.4, 0.5) is 10.6 Å². The summed E-state index contributed by atoms with van der Waals surface area (Å²) in [6.07, 6.45) is 4.20. The van der Waals surface area contributed by atoms with Crippen LogP contribution in [0.1, 0.15) is 61.6 Å². The van der Waals surface area contributed by atoms with E-state index in [1.54, 1.807) is 22.9 Å². The molecule has 13 heteroatoms. The van der Waals surface area contributed by atoms with Gasteiger partial charge >= 0.3 is 6.03 Å². The maximum absolute atomic E-state index is 13.3. The minimum atomic E-state index is -3.63. The van der Waals surface area contributed by atoms with Gasteiger partial charge in [-0.2, -0.15) is 14.7 Å². The minimum Gasteiger partial charge on any atom is -0.328 e. The fourth-order valence-electron chi connectivity index (χ4n) is 7.08. The molecule has 3 fully saturated rings. The Morgan fingerprint density at radius 1 is 1.04 bits per heavy atom. The van der Waals surface area contributed by atoms with Gasteiger partial charge in [-0.15, -0.1) is 0 Å². The summed E-state index contributed by atoms with van der Waals surface area (Å²) in [5.74, 6) is 0.940. The Morgan fingerprint density at radius 2 is 1.78 bits per heavy atom. The van der Waals surface area contributed by atoms with E-state index in [1.165, 1.54) is 14.8 Å². The van der Waals surface area contributed by atoms with Gasteiger partial charge in [-0.25, -0.2) is 13.2 Å². The molecule has 1 unspecified atom stereocenters. The molecule has 46 heavy (non-hydrogen) atoms. The van der Waals surface area contributed by atoms with E-state index in [0.717, 1.165) is 48.9 Å². The molecule has 3 amide bonds. The summed E-state index contributed by atoms with van der Waals surface area (Å²) >= 11 is 0. The topological polar surface area (TPSA) is 158 Å². The zero-order chi connectivity index (χ0) is 32.6. The molecule has 1 atom stereocenters. The van der Waals surface area contributed by atoms with Gasteiger partial charge < -0.3 is 10.6 Å².